The molecule has 6 rings (SSSR count). The second-order valence-electron chi connectivity index (χ2n) is 9.61. The lowest BCUT2D eigenvalue weighted by atomic mass is 10.1. The van der Waals surface area contributed by atoms with Gasteiger partial charge in [0.2, 0.25) is 0 Å². The Bertz CT molecular complexity index is 1800. The molecule has 0 saturated carbocycles. The molecular weight excluding hydrogens is 458 g/mol. The van der Waals surface area contributed by atoms with Gasteiger partial charge in [-0.15, -0.1) is 0 Å². The van der Waals surface area contributed by atoms with Gasteiger partial charge in [-0.2, -0.15) is 0 Å². The summed E-state index contributed by atoms with van der Waals surface area (Å²) < 4.78 is 3.76. The smallest absolute Gasteiger partial charge is 0.265 e. The maximum absolute atomic E-state index is 14.2. The number of para-hydroxylation sites is 2. The minimum absolute atomic E-state index is 0.105. The van der Waals surface area contributed by atoms with Crippen LogP contribution in [0.5, 0.6) is 0 Å². The van der Waals surface area contributed by atoms with Crippen LogP contribution in [0.25, 0.3) is 38.9 Å². The largest absolute Gasteiger partial charge is 0.289 e. The molecule has 0 radical (unpaired) electrons. The van der Waals surface area contributed by atoms with Crippen LogP contribution in [0, 0.1) is 6.92 Å². The van der Waals surface area contributed by atoms with Crippen molar-refractivity contribution in [1.29, 1.82) is 0 Å². The highest BCUT2D eigenvalue weighted by atomic mass is 16.1. The molecule has 0 bridgehead atoms. The highest BCUT2D eigenvalue weighted by Gasteiger charge is 2.24. The van der Waals surface area contributed by atoms with E-state index in [0.29, 0.717) is 28.0 Å². The molecule has 0 N–H and O–H groups in total. The second-order valence-corrected chi connectivity index (χ2v) is 9.61. The van der Waals surface area contributed by atoms with Crippen molar-refractivity contribution < 1.29 is 0 Å². The van der Waals surface area contributed by atoms with Crippen LogP contribution in [0.1, 0.15) is 49.7 Å². The van der Waals surface area contributed by atoms with E-state index in [1.54, 1.807) is 4.57 Å². The molecule has 6 heteroatoms. The van der Waals surface area contributed by atoms with E-state index in [1.807, 2.05) is 73.0 Å². The molecule has 184 valence electrons. The third-order valence-corrected chi connectivity index (χ3v) is 7.17. The number of hydrogen-bond donors (Lipinski definition) is 0. The average Bonchev–Trinajstić information content (AvgIpc) is 3.24. The standard InChI is InChI=1S/C31H29N5O/c1-4-5-11-22-16-18-24(19-17-22)36-29-27(28-30(36)34-26-15-10-9-14-25(26)33-28)31(37)35(21(3)32-29)20(2)23-12-7-6-8-13-23/h6-10,12-20H,4-5,11H2,1-3H3/t20-/m1/s1. The number of benzene rings is 3. The predicted octanol–water partition coefficient (Wildman–Crippen LogP) is 6.54. The molecule has 3 aromatic carbocycles. The number of unbranched alkanes of at least 4 members (excludes halogenated alkanes) is 1. The van der Waals surface area contributed by atoms with Crippen LogP contribution in [0.4, 0.5) is 0 Å². The van der Waals surface area contributed by atoms with Crippen molar-refractivity contribution >= 4 is 33.2 Å². The van der Waals surface area contributed by atoms with Crippen molar-refractivity contribution in [2.45, 2.75) is 46.1 Å². The van der Waals surface area contributed by atoms with Gasteiger partial charge >= 0.3 is 0 Å². The number of nitrogens with zero attached hydrogens (tertiary/aromatic N) is 5. The van der Waals surface area contributed by atoms with E-state index in [9.17, 15) is 4.79 Å². The highest BCUT2D eigenvalue weighted by Crippen LogP contribution is 2.30. The third-order valence-electron chi connectivity index (χ3n) is 7.17. The molecule has 0 spiro atoms. The van der Waals surface area contributed by atoms with Gasteiger partial charge < -0.3 is 0 Å². The normalized spacial score (nSPS) is 12.5. The van der Waals surface area contributed by atoms with Crippen LogP contribution >= 0.6 is 0 Å². The zero-order valence-corrected chi connectivity index (χ0v) is 21.3. The summed E-state index contributed by atoms with van der Waals surface area (Å²) in [7, 11) is 0. The van der Waals surface area contributed by atoms with E-state index < -0.39 is 0 Å². The Morgan fingerprint density at radius 2 is 1.49 bits per heavy atom. The number of aromatic nitrogens is 5. The molecule has 3 aromatic heterocycles. The van der Waals surface area contributed by atoms with Crippen molar-refractivity contribution in [3.05, 3.63) is 106 Å². The summed E-state index contributed by atoms with van der Waals surface area (Å²) in [6, 6.07) is 26.1. The molecule has 0 amide bonds. The average molecular weight is 488 g/mol. The lowest BCUT2D eigenvalue weighted by Crippen LogP contribution is -2.27. The molecule has 6 nitrogen and oxygen atoms in total. The summed E-state index contributed by atoms with van der Waals surface area (Å²) in [4.78, 5) is 29.1. The maximum atomic E-state index is 14.2. The molecule has 1 atom stereocenters. The van der Waals surface area contributed by atoms with Crippen LogP contribution in [0.15, 0.2) is 83.7 Å². The summed E-state index contributed by atoms with van der Waals surface area (Å²) in [5, 5.41) is 0.497. The van der Waals surface area contributed by atoms with Gasteiger partial charge in [0.15, 0.2) is 11.3 Å². The van der Waals surface area contributed by atoms with Gasteiger partial charge in [-0.3, -0.25) is 13.9 Å². The fraction of sp³-hybridized carbons (Fsp3) is 0.226. The van der Waals surface area contributed by atoms with E-state index in [1.165, 1.54) is 5.56 Å². The van der Waals surface area contributed by atoms with Crippen molar-refractivity contribution in [2.75, 3.05) is 0 Å². The monoisotopic (exact) mass is 487 g/mol. The molecule has 0 saturated heterocycles. The van der Waals surface area contributed by atoms with Gasteiger partial charge in [-0.25, -0.2) is 15.0 Å². The number of hydrogen-bond acceptors (Lipinski definition) is 4. The fourth-order valence-corrected chi connectivity index (χ4v) is 5.18. The number of aryl methyl sites for hydroxylation is 2. The lowest BCUT2D eigenvalue weighted by Gasteiger charge is -2.18. The zero-order valence-electron chi connectivity index (χ0n) is 21.3. The van der Waals surface area contributed by atoms with E-state index in [-0.39, 0.29) is 11.6 Å². The Hall–Kier alpha value is -4.32. The summed E-state index contributed by atoms with van der Waals surface area (Å²) in [5.41, 5.74) is 6.52. The van der Waals surface area contributed by atoms with Crippen LogP contribution in [0.3, 0.4) is 0 Å². The highest BCUT2D eigenvalue weighted by molar-refractivity contribution is 6.05. The van der Waals surface area contributed by atoms with Crippen molar-refractivity contribution in [2.24, 2.45) is 0 Å². The molecule has 0 aliphatic rings. The van der Waals surface area contributed by atoms with Crippen LogP contribution in [-0.2, 0) is 6.42 Å². The van der Waals surface area contributed by atoms with Gasteiger partial charge in [0.25, 0.3) is 5.56 Å². The first-order valence-corrected chi connectivity index (χ1v) is 12.9. The Labute approximate surface area is 215 Å². The Kier molecular flexibility index (Phi) is 5.80. The molecule has 37 heavy (non-hydrogen) atoms. The molecule has 3 heterocycles. The van der Waals surface area contributed by atoms with E-state index >= 15 is 0 Å². The molecule has 0 aliphatic carbocycles. The first-order chi connectivity index (χ1) is 18.1. The van der Waals surface area contributed by atoms with Gasteiger partial charge in [0, 0.05) is 5.69 Å². The van der Waals surface area contributed by atoms with Crippen LogP contribution in [0.2, 0.25) is 0 Å². The van der Waals surface area contributed by atoms with E-state index in [2.05, 4.69) is 31.2 Å². The SMILES string of the molecule is CCCCc1ccc(-n2c3nc4ccccc4nc3c3c(=O)n([C@H](C)c4ccccc4)c(C)nc32)cc1. The maximum Gasteiger partial charge on any atom is 0.265 e. The van der Waals surface area contributed by atoms with Gasteiger partial charge in [0.05, 0.1) is 17.1 Å². The Morgan fingerprint density at radius 1 is 0.811 bits per heavy atom. The predicted molar refractivity (Wildman–Crippen MR) is 150 cm³/mol. The first-order valence-electron chi connectivity index (χ1n) is 12.9. The Morgan fingerprint density at radius 3 is 2.19 bits per heavy atom. The molecular formula is C31H29N5O. The van der Waals surface area contributed by atoms with Crippen molar-refractivity contribution in [1.82, 2.24) is 24.1 Å². The third kappa shape index (κ3) is 3.89. The van der Waals surface area contributed by atoms with Crippen molar-refractivity contribution in [3.63, 3.8) is 0 Å². The Balaban J connectivity index is 1.66. The van der Waals surface area contributed by atoms with Gasteiger partial charge in [-0.05, 0) is 62.1 Å². The minimum atomic E-state index is -0.171. The fourth-order valence-electron chi connectivity index (χ4n) is 5.18. The van der Waals surface area contributed by atoms with Crippen LogP contribution < -0.4 is 5.56 Å². The quantitative estimate of drug-likeness (QED) is 0.267. The topological polar surface area (TPSA) is 65.6 Å². The van der Waals surface area contributed by atoms with E-state index in [0.717, 1.165) is 41.5 Å². The molecule has 0 unspecified atom stereocenters. The summed E-state index contributed by atoms with van der Waals surface area (Å²) in [6.45, 7) is 6.13. The summed E-state index contributed by atoms with van der Waals surface area (Å²) >= 11 is 0. The minimum Gasteiger partial charge on any atom is -0.289 e. The molecule has 6 aromatic rings. The molecule has 0 fully saturated rings. The second kappa shape index (κ2) is 9.28. The number of fused-ring (bicyclic) bond motifs is 4. The van der Waals surface area contributed by atoms with E-state index in [4.69, 9.17) is 15.0 Å². The van der Waals surface area contributed by atoms with Gasteiger partial charge in [0.1, 0.15) is 16.7 Å². The number of rotatable bonds is 6. The first kappa shape index (κ1) is 23.1. The summed E-state index contributed by atoms with van der Waals surface area (Å²) in [6.07, 6.45) is 3.37. The van der Waals surface area contributed by atoms with Crippen LogP contribution in [-0.4, -0.2) is 24.1 Å². The van der Waals surface area contributed by atoms with Crippen molar-refractivity contribution in [3.8, 4) is 5.69 Å². The summed E-state index contributed by atoms with van der Waals surface area (Å²) in [5.74, 6) is 0.655. The lowest BCUT2D eigenvalue weighted by molar-refractivity contribution is 0.587. The zero-order chi connectivity index (χ0) is 25.5. The van der Waals surface area contributed by atoms with Gasteiger partial charge in [-0.1, -0.05) is 67.9 Å². The molecule has 0 aliphatic heterocycles.